The second-order valence-electron chi connectivity index (χ2n) is 5.87. The minimum absolute atomic E-state index is 0.0190. The molecular formula is C16H15BrN4O2. The molecule has 6 nitrogen and oxygen atoms in total. The molecular weight excluding hydrogens is 360 g/mol. The van der Waals surface area contributed by atoms with Gasteiger partial charge in [0.05, 0.1) is 17.2 Å². The van der Waals surface area contributed by atoms with Gasteiger partial charge in [-0.1, -0.05) is 18.2 Å². The summed E-state index contributed by atoms with van der Waals surface area (Å²) < 4.78 is 0.820. The molecule has 118 valence electrons. The van der Waals surface area contributed by atoms with Crippen molar-refractivity contribution in [1.82, 2.24) is 15.2 Å². The normalized spacial score (nSPS) is 20.6. The second-order valence-corrected chi connectivity index (χ2v) is 6.73. The third-order valence-electron chi connectivity index (χ3n) is 4.05. The summed E-state index contributed by atoms with van der Waals surface area (Å²) in [6.07, 6.45) is 7.61. The van der Waals surface area contributed by atoms with Crippen molar-refractivity contribution in [3.63, 3.8) is 0 Å². The van der Waals surface area contributed by atoms with Gasteiger partial charge in [-0.25, -0.2) is 4.98 Å². The number of anilines is 1. The minimum Gasteiger partial charge on any atom is -0.389 e. The summed E-state index contributed by atoms with van der Waals surface area (Å²) >= 11 is 3.54. The van der Waals surface area contributed by atoms with Crippen molar-refractivity contribution in [3.8, 4) is 0 Å². The number of nitrogens with zero attached hydrogens (tertiary/aromatic N) is 2. The van der Waals surface area contributed by atoms with Gasteiger partial charge >= 0.3 is 0 Å². The van der Waals surface area contributed by atoms with E-state index < -0.39 is 6.10 Å². The summed E-state index contributed by atoms with van der Waals surface area (Å²) in [4.78, 5) is 16.5. The Morgan fingerprint density at radius 1 is 1.43 bits per heavy atom. The van der Waals surface area contributed by atoms with Gasteiger partial charge in [-0.2, -0.15) is 5.10 Å². The van der Waals surface area contributed by atoms with Crippen molar-refractivity contribution in [2.75, 3.05) is 5.32 Å². The monoisotopic (exact) mass is 374 g/mol. The van der Waals surface area contributed by atoms with E-state index in [-0.39, 0.29) is 11.8 Å². The zero-order valence-electron chi connectivity index (χ0n) is 12.2. The number of nitrogens with one attached hydrogen (secondary N) is 2. The van der Waals surface area contributed by atoms with Gasteiger partial charge in [0.15, 0.2) is 11.5 Å². The highest BCUT2D eigenvalue weighted by Gasteiger charge is 2.30. The summed E-state index contributed by atoms with van der Waals surface area (Å²) in [6, 6.07) is 1.91. The molecule has 2 aromatic rings. The number of aliphatic hydroxyl groups is 1. The highest BCUT2D eigenvalue weighted by atomic mass is 79.9. The molecule has 0 spiro atoms. The Morgan fingerprint density at radius 3 is 2.96 bits per heavy atom. The van der Waals surface area contributed by atoms with Crippen LogP contribution >= 0.6 is 15.9 Å². The van der Waals surface area contributed by atoms with E-state index in [9.17, 15) is 9.90 Å². The van der Waals surface area contributed by atoms with E-state index in [0.29, 0.717) is 17.9 Å². The van der Waals surface area contributed by atoms with E-state index in [1.54, 1.807) is 6.08 Å². The van der Waals surface area contributed by atoms with E-state index in [1.807, 2.05) is 18.2 Å². The lowest BCUT2D eigenvalue weighted by molar-refractivity contribution is -0.117. The largest absolute Gasteiger partial charge is 0.389 e. The molecule has 1 atom stereocenters. The van der Waals surface area contributed by atoms with Crippen LogP contribution in [0.25, 0.3) is 16.6 Å². The lowest BCUT2D eigenvalue weighted by Crippen LogP contribution is -2.13. The van der Waals surface area contributed by atoms with Crippen LogP contribution in [0, 0.1) is 5.92 Å². The molecule has 1 fully saturated rings. The molecule has 0 saturated heterocycles. The highest BCUT2D eigenvalue weighted by Crippen LogP contribution is 2.33. The first-order chi connectivity index (χ1) is 11.1. The Bertz CT molecular complexity index is 851. The summed E-state index contributed by atoms with van der Waals surface area (Å²) in [5.74, 6) is 0.659. The van der Waals surface area contributed by atoms with E-state index in [1.165, 1.54) is 0 Å². The number of fused-ring (bicyclic) bond motifs is 1. The Labute approximate surface area is 140 Å². The average Bonchev–Trinajstić information content (AvgIpc) is 3.32. The number of aromatic amines is 1. The van der Waals surface area contributed by atoms with Crippen LogP contribution in [0.5, 0.6) is 0 Å². The third kappa shape index (κ3) is 2.82. The van der Waals surface area contributed by atoms with Gasteiger partial charge < -0.3 is 10.4 Å². The van der Waals surface area contributed by atoms with Crippen molar-refractivity contribution in [3.05, 3.63) is 34.5 Å². The van der Waals surface area contributed by atoms with Gasteiger partial charge in [-0.05, 0) is 46.8 Å². The molecule has 4 rings (SSSR count). The fraction of sp³-hybridized carbons (Fsp3) is 0.312. The number of hydrogen-bond acceptors (Lipinski definition) is 4. The topological polar surface area (TPSA) is 90.9 Å². The molecule has 2 aromatic heterocycles. The van der Waals surface area contributed by atoms with E-state index in [4.69, 9.17) is 0 Å². The molecule has 2 aliphatic carbocycles. The predicted octanol–water partition coefficient (Wildman–Crippen LogP) is 2.77. The summed E-state index contributed by atoms with van der Waals surface area (Å²) in [7, 11) is 0. The molecule has 2 aliphatic rings. The van der Waals surface area contributed by atoms with E-state index in [2.05, 4.69) is 36.4 Å². The van der Waals surface area contributed by atoms with Gasteiger partial charge in [0.25, 0.3) is 0 Å². The van der Waals surface area contributed by atoms with Crippen LogP contribution in [0.1, 0.15) is 25.0 Å². The number of aliphatic hydroxyl groups excluding tert-OH is 1. The van der Waals surface area contributed by atoms with Crippen molar-refractivity contribution < 1.29 is 9.90 Å². The lowest BCUT2D eigenvalue weighted by atomic mass is 10.0. The Balaban J connectivity index is 1.69. The third-order valence-corrected chi connectivity index (χ3v) is 4.65. The Hall–Kier alpha value is -1.99. The highest BCUT2D eigenvalue weighted by molar-refractivity contribution is 9.10. The number of allylic oxidation sites excluding steroid dienone is 2. The summed E-state index contributed by atoms with van der Waals surface area (Å²) in [6.45, 7) is 0. The number of carbonyl (C=O) groups is 1. The maximum Gasteiger partial charge on any atom is 0.228 e. The van der Waals surface area contributed by atoms with Crippen molar-refractivity contribution in [2.24, 2.45) is 5.92 Å². The first kappa shape index (κ1) is 14.6. The number of aromatic nitrogens is 3. The van der Waals surface area contributed by atoms with Gasteiger partial charge in [0.1, 0.15) is 0 Å². The van der Waals surface area contributed by atoms with Crippen molar-refractivity contribution in [1.29, 1.82) is 0 Å². The number of rotatable bonds is 3. The first-order valence-corrected chi connectivity index (χ1v) is 8.33. The molecule has 3 N–H and O–H groups in total. The minimum atomic E-state index is -0.433. The average molecular weight is 375 g/mol. The van der Waals surface area contributed by atoms with Crippen molar-refractivity contribution >= 4 is 44.3 Å². The number of hydrogen-bond donors (Lipinski definition) is 3. The van der Waals surface area contributed by atoms with Crippen LogP contribution < -0.4 is 5.32 Å². The maximum absolute atomic E-state index is 11.9. The Morgan fingerprint density at radius 2 is 2.26 bits per heavy atom. The molecule has 0 radical (unpaired) electrons. The van der Waals surface area contributed by atoms with Gasteiger partial charge in [0, 0.05) is 10.4 Å². The quantitative estimate of drug-likeness (QED) is 0.770. The number of halogens is 1. The molecule has 1 saturated carbocycles. The number of carbonyl (C=O) groups excluding carboxylic acids is 1. The SMILES string of the molecule is O=C(Nc1n[nH]c2nc(C3=CCC(O)C=C3)c(Br)cc12)C1CC1. The van der Waals surface area contributed by atoms with Crippen LogP contribution in [0.3, 0.4) is 0 Å². The Kier molecular flexibility index (Phi) is 3.54. The van der Waals surface area contributed by atoms with Crippen LogP contribution in [-0.4, -0.2) is 32.3 Å². The molecule has 23 heavy (non-hydrogen) atoms. The standard InChI is InChI=1S/C16H15BrN4O2/c17-12-7-11-14(18-13(12)8-3-5-10(22)6-4-8)20-21-15(11)19-16(23)9-1-2-9/h3-5,7,9-10,22H,1-2,6H2,(H2,18,19,20,21,23). The summed E-state index contributed by atoms with van der Waals surface area (Å²) in [5.41, 5.74) is 2.35. The smallest absolute Gasteiger partial charge is 0.228 e. The number of pyridine rings is 1. The number of H-pyrrole nitrogens is 1. The zero-order valence-corrected chi connectivity index (χ0v) is 13.8. The molecule has 7 heteroatoms. The molecule has 0 bridgehead atoms. The fourth-order valence-electron chi connectivity index (χ4n) is 2.57. The summed E-state index contributed by atoms with van der Waals surface area (Å²) in [5, 5.41) is 20.2. The van der Waals surface area contributed by atoms with Crippen LogP contribution in [0.2, 0.25) is 0 Å². The molecule has 2 heterocycles. The fourth-order valence-corrected chi connectivity index (χ4v) is 3.12. The van der Waals surface area contributed by atoms with E-state index in [0.717, 1.165) is 34.0 Å². The van der Waals surface area contributed by atoms with E-state index >= 15 is 0 Å². The molecule has 0 aromatic carbocycles. The molecule has 1 unspecified atom stereocenters. The van der Waals surface area contributed by atoms with Gasteiger partial charge in [0.2, 0.25) is 5.91 Å². The molecule has 1 amide bonds. The van der Waals surface area contributed by atoms with Gasteiger partial charge in [-0.3, -0.25) is 9.89 Å². The molecule has 0 aliphatic heterocycles. The predicted molar refractivity (Wildman–Crippen MR) is 90.7 cm³/mol. The first-order valence-electron chi connectivity index (χ1n) is 7.54. The second kappa shape index (κ2) is 5.58. The van der Waals surface area contributed by atoms with Crippen LogP contribution in [0.4, 0.5) is 5.82 Å². The maximum atomic E-state index is 11.9. The van der Waals surface area contributed by atoms with Crippen LogP contribution in [-0.2, 0) is 4.79 Å². The van der Waals surface area contributed by atoms with Crippen LogP contribution in [0.15, 0.2) is 28.8 Å². The van der Waals surface area contributed by atoms with Crippen molar-refractivity contribution in [2.45, 2.75) is 25.4 Å². The number of amides is 1. The lowest BCUT2D eigenvalue weighted by Gasteiger charge is -2.12. The van der Waals surface area contributed by atoms with Gasteiger partial charge in [-0.15, -0.1) is 0 Å². The zero-order chi connectivity index (χ0) is 16.0.